The standard InChI is InChI=1S/C19H15BrN4O2S/c1-12(23-24-19(26)16-8-9-17(20)27-16)13-4-6-15(7-5-13)22-18(25)14-3-2-10-21-11-14/h2-11H,1H3,(H,22,25)(H,24,26)/b23-12+. The molecule has 3 rings (SSSR count). The molecule has 0 aliphatic rings. The third kappa shape index (κ3) is 5.08. The number of anilines is 1. The van der Waals surface area contributed by atoms with Crippen molar-refractivity contribution < 1.29 is 9.59 Å². The number of hydrogen-bond donors (Lipinski definition) is 2. The van der Waals surface area contributed by atoms with E-state index in [1.807, 2.05) is 18.2 Å². The summed E-state index contributed by atoms with van der Waals surface area (Å²) in [7, 11) is 0. The number of rotatable bonds is 5. The highest BCUT2D eigenvalue weighted by Gasteiger charge is 2.08. The summed E-state index contributed by atoms with van der Waals surface area (Å²) in [5.41, 5.74) is 5.18. The minimum absolute atomic E-state index is 0.226. The predicted octanol–water partition coefficient (Wildman–Crippen LogP) is 4.31. The molecule has 136 valence electrons. The van der Waals surface area contributed by atoms with Crippen molar-refractivity contribution in [3.05, 3.63) is 80.7 Å². The predicted molar refractivity (Wildman–Crippen MR) is 110 cm³/mol. The van der Waals surface area contributed by atoms with Gasteiger partial charge < -0.3 is 5.32 Å². The van der Waals surface area contributed by atoms with Gasteiger partial charge in [-0.2, -0.15) is 5.10 Å². The molecule has 0 fully saturated rings. The molecule has 2 amide bonds. The molecule has 0 aliphatic heterocycles. The second kappa shape index (κ2) is 8.70. The zero-order valence-corrected chi connectivity index (χ0v) is 16.7. The summed E-state index contributed by atoms with van der Waals surface area (Å²) in [6.45, 7) is 1.80. The summed E-state index contributed by atoms with van der Waals surface area (Å²) in [5.74, 6) is -0.485. The van der Waals surface area contributed by atoms with Crippen LogP contribution in [0.1, 0.15) is 32.5 Å². The van der Waals surface area contributed by atoms with Crippen molar-refractivity contribution in [2.75, 3.05) is 5.32 Å². The largest absolute Gasteiger partial charge is 0.322 e. The van der Waals surface area contributed by atoms with Crippen molar-refractivity contribution in [3.63, 3.8) is 0 Å². The lowest BCUT2D eigenvalue weighted by Gasteiger charge is -2.07. The number of nitrogens with one attached hydrogen (secondary N) is 2. The Kier molecular flexibility index (Phi) is 6.10. The Hall–Kier alpha value is -2.84. The van der Waals surface area contributed by atoms with Gasteiger partial charge in [-0.15, -0.1) is 11.3 Å². The van der Waals surface area contributed by atoms with Crippen LogP contribution in [0.5, 0.6) is 0 Å². The quantitative estimate of drug-likeness (QED) is 0.455. The van der Waals surface area contributed by atoms with Crippen molar-refractivity contribution in [1.29, 1.82) is 0 Å². The van der Waals surface area contributed by atoms with Crippen molar-refractivity contribution in [2.45, 2.75) is 6.92 Å². The SMILES string of the molecule is C/C(=N\NC(=O)c1ccc(Br)s1)c1ccc(NC(=O)c2cccnc2)cc1. The number of pyridine rings is 1. The van der Waals surface area contributed by atoms with Gasteiger partial charge in [-0.05, 0) is 64.8 Å². The Balaban J connectivity index is 1.62. The van der Waals surface area contributed by atoms with Crippen LogP contribution < -0.4 is 10.7 Å². The van der Waals surface area contributed by atoms with Crippen LogP contribution in [-0.4, -0.2) is 22.5 Å². The van der Waals surface area contributed by atoms with Crippen LogP contribution >= 0.6 is 27.3 Å². The Morgan fingerprint density at radius 3 is 2.44 bits per heavy atom. The topological polar surface area (TPSA) is 83.5 Å². The lowest BCUT2D eigenvalue weighted by Crippen LogP contribution is -2.18. The van der Waals surface area contributed by atoms with E-state index in [9.17, 15) is 9.59 Å². The second-order valence-electron chi connectivity index (χ2n) is 5.52. The van der Waals surface area contributed by atoms with Crippen LogP contribution in [0.15, 0.2) is 69.8 Å². The molecular weight excluding hydrogens is 428 g/mol. The first kappa shape index (κ1) is 18.9. The van der Waals surface area contributed by atoms with Crippen LogP contribution in [0.2, 0.25) is 0 Å². The first-order valence-electron chi connectivity index (χ1n) is 7.95. The normalized spacial score (nSPS) is 11.1. The van der Waals surface area contributed by atoms with Gasteiger partial charge >= 0.3 is 0 Å². The fourth-order valence-corrected chi connectivity index (χ4v) is 3.46. The molecule has 0 unspecified atom stereocenters. The Morgan fingerprint density at radius 2 is 1.81 bits per heavy atom. The summed E-state index contributed by atoms with van der Waals surface area (Å²) in [6, 6.07) is 14.2. The molecule has 0 atom stereocenters. The van der Waals surface area contributed by atoms with E-state index in [2.05, 4.69) is 36.8 Å². The van der Waals surface area contributed by atoms with E-state index in [4.69, 9.17) is 0 Å². The number of halogens is 1. The fraction of sp³-hybridized carbons (Fsp3) is 0.0526. The van der Waals surface area contributed by atoms with Crippen LogP contribution in [0, 0.1) is 0 Å². The maximum absolute atomic E-state index is 12.1. The molecule has 1 aromatic carbocycles. The van der Waals surface area contributed by atoms with Crippen LogP contribution in [0.25, 0.3) is 0 Å². The molecule has 0 bridgehead atoms. The van der Waals surface area contributed by atoms with E-state index >= 15 is 0 Å². The van der Waals surface area contributed by atoms with Gasteiger partial charge in [0, 0.05) is 18.1 Å². The summed E-state index contributed by atoms with van der Waals surface area (Å²) >= 11 is 4.66. The van der Waals surface area contributed by atoms with E-state index in [1.165, 1.54) is 17.5 Å². The second-order valence-corrected chi connectivity index (χ2v) is 7.98. The summed E-state index contributed by atoms with van der Waals surface area (Å²) in [6.07, 6.45) is 3.12. The minimum Gasteiger partial charge on any atom is -0.322 e. The van der Waals surface area contributed by atoms with Crippen LogP contribution in [0.4, 0.5) is 5.69 Å². The molecule has 0 radical (unpaired) electrons. The Morgan fingerprint density at radius 1 is 1.04 bits per heavy atom. The number of benzene rings is 1. The number of aromatic nitrogens is 1. The monoisotopic (exact) mass is 442 g/mol. The van der Waals surface area contributed by atoms with E-state index < -0.39 is 0 Å². The van der Waals surface area contributed by atoms with Crippen LogP contribution in [-0.2, 0) is 0 Å². The molecule has 2 aromatic heterocycles. The molecule has 6 nitrogen and oxygen atoms in total. The molecule has 27 heavy (non-hydrogen) atoms. The summed E-state index contributed by atoms with van der Waals surface area (Å²) in [5, 5.41) is 6.94. The van der Waals surface area contributed by atoms with Gasteiger partial charge in [0.05, 0.1) is 19.9 Å². The average molecular weight is 443 g/mol. The molecule has 2 N–H and O–H groups in total. The van der Waals surface area contributed by atoms with Gasteiger partial charge in [-0.3, -0.25) is 14.6 Å². The number of hydrazone groups is 1. The summed E-state index contributed by atoms with van der Waals surface area (Å²) in [4.78, 5) is 28.7. The molecule has 0 spiro atoms. The van der Waals surface area contributed by atoms with Crippen LogP contribution in [0.3, 0.4) is 0 Å². The highest BCUT2D eigenvalue weighted by molar-refractivity contribution is 9.11. The van der Waals surface area contributed by atoms with Crippen molar-refractivity contribution in [1.82, 2.24) is 10.4 Å². The van der Waals surface area contributed by atoms with Gasteiger partial charge in [0.25, 0.3) is 11.8 Å². The highest BCUT2D eigenvalue weighted by atomic mass is 79.9. The summed E-state index contributed by atoms with van der Waals surface area (Å²) < 4.78 is 0.886. The van der Waals surface area contributed by atoms with Crippen molar-refractivity contribution in [2.24, 2.45) is 5.10 Å². The van der Waals surface area contributed by atoms with Gasteiger partial charge in [-0.1, -0.05) is 12.1 Å². The number of carbonyl (C=O) groups excluding carboxylic acids is 2. The Bertz CT molecular complexity index is 984. The highest BCUT2D eigenvalue weighted by Crippen LogP contribution is 2.21. The van der Waals surface area contributed by atoms with Crippen molar-refractivity contribution >= 4 is 50.5 Å². The molecular formula is C19H15BrN4O2S. The number of amides is 2. The van der Waals surface area contributed by atoms with E-state index in [0.717, 1.165) is 9.35 Å². The minimum atomic E-state index is -0.259. The molecule has 8 heteroatoms. The van der Waals surface area contributed by atoms with Gasteiger partial charge in [0.1, 0.15) is 0 Å². The van der Waals surface area contributed by atoms with E-state index in [0.29, 0.717) is 21.8 Å². The maximum atomic E-state index is 12.1. The zero-order valence-electron chi connectivity index (χ0n) is 14.3. The third-order valence-electron chi connectivity index (χ3n) is 3.61. The number of carbonyl (C=O) groups is 2. The maximum Gasteiger partial charge on any atom is 0.281 e. The van der Waals surface area contributed by atoms with Gasteiger partial charge in [0.15, 0.2) is 0 Å². The first-order chi connectivity index (χ1) is 13.0. The van der Waals surface area contributed by atoms with Gasteiger partial charge in [0.2, 0.25) is 0 Å². The fourth-order valence-electron chi connectivity index (χ4n) is 2.19. The number of thiophene rings is 1. The van der Waals surface area contributed by atoms with Gasteiger partial charge in [-0.25, -0.2) is 5.43 Å². The number of nitrogens with zero attached hydrogens (tertiary/aromatic N) is 2. The molecule has 3 aromatic rings. The van der Waals surface area contributed by atoms with E-state index in [-0.39, 0.29) is 11.8 Å². The lowest BCUT2D eigenvalue weighted by molar-refractivity contribution is 0.0958. The van der Waals surface area contributed by atoms with Crippen molar-refractivity contribution in [3.8, 4) is 0 Å². The Labute approximate surface area is 168 Å². The first-order valence-corrected chi connectivity index (χ1v) is 9.55. The smallest absolute Gasteiger partial charge is 0.281 e. The molecule has 0 saturated heterocycles. The number of hydrogen-bond acceptors (Lipinski definition) is 5. The molecule has 0 aliphatic carbocycles. The molecule has 0 saturated carbocycles. The van der Waals surface area contributed by atoms with E-state index in [1.54, 1.807) is 43.5 Å². The molecule has 2 heterocycles. The third-order valence-corrected chi connectivity index (χ3v) is 5.23. The zero-order chi connectivity index (χ0) is 19.2. The average Bonchev–Trinajstić information content (AvgIpc) is 3.13. The lowest BCUT2D eigenvalue weighted by atomic mass is 10.1.